The normalized spacial score (nSPS) is 42.6. The number of hydrogen-bond donors (Lipinski definition) is 15. The van der Waals surface area contributed by atoms with Crippen molar-refractivity contribution in [3.63, 3.8) is 0 Å². The van der Waals surface area contributed by atoms with Crippen molar-refractivity contribution in [1.29, 1.82) is 0 Å². The molecule has 22 heteroatoms. The molecule has 22 nitrogen and oxygen atoms in total. The Morgan fingerprint density at radius 1 is 0.759 bits per heavy atom. The summed E-state index contributed by atoms with van der Waals surface area (Å²) in [6.45, 7) is -0.240. The molecule has 0 aromatic heterocycles. The molecular weight excluding hydrogens is 770 g/mol. The first-order valence-electron chi connectivity index (χ1n) is 19.7. The maximum atomic E-state index is 12.8. The second-order valence-electron chi connectivity index (χ2n) is 15.3. The van der Waals surface area contributed by atoms with Crippen LogP contribution in [0, 0.1) is 0 Å². The van der Waals surface area contributed by atoms with Crippen molar-refractivity contribution in [1.82, 2.24) is 10.6 Å². The summed E-state index contributed by atoms with van der Waals surface area (Å²) in [5.74, 6) is -0.841. The summed E-state index contributed by atoms with van der Waals surface area (Å²) in [5.41, 5.74) is 31.3. The van der Waals surface area contributed by atoms with E-state index >= 15 is 0 Å². The van der Waals surface area contributed by atoms with E-state index in [2.05, 4.69) is 10.6 Å². The van der Waals surface area contributed by atoms with Gasteiger partial charge in [-0.2, -0.15) is 0 Å². The zero-order valence-corrected chi connectivity index (χ0v) is 32.1. The van der Waals surface area contributed by atoms with Crippen molar-refractivity contribution >= 4 is 5.91 Å². The third kappa shape index (κ3) is 11.0. The lowest BCUT2D eigenvalue weighted by Crippen LogP contribution is -2.69. The summed E-state index contributed by atoms with van der Waals surface area (Å²) in [4.78, 5) is 12.8. The molecule has 5 rings (SSSR count). The molecule has 3 aliphatic heterocycles. The predicted octanol–water partition coefficient (Wildman–Crippen LogP) is -7.76. The third-order valence-electron chi connectivity index (χ3n) is 11.2. The highest BCUT2D eigenvalue weighted by Crippen LogP contribution is 2.35. The maximum absolute atomic E-state index is 12.8. The van der Waals surface area contributed by atoms with E-state index in [4.69, 9.17) is 57.1 Å². The van der Waals surface area contributed by atoms with Gasteiger partial charge in [-0.25, -0.2) is 0 Å². The summed E-state index contributed by atoms with van der Waals surface area (Å²) >= 11 is 0. The smallest absolute Gasteiger partial charge is 0.249 e. The van der Waals surface area contributed by atoms with E-state index in [0.717, 1.165) is 12.8 Å². The van der Waals surface area contributed by atoms with Crippen molar-refractivity contribution in [2.24, 2.45) is 28.7 Å². The lowest BCUT2D eigenvalue weighted by atomic mass is 9.83. The molecule has 58 heavy (non-hydrogen) atoms. The Bertz CT molecular complexity index is 1400. The molecule has 4 fully saturated rings. The van der Waals surface area contributed by atoms with Crippen molar-refractivity contribution < 1.29 is 74.1 Å². The number of aliphatic hydroxyl groups is 8. The van der Waals surface area contributed by atoms with Crippen LogP contribution in [0.2, 0.25) is 0 Å². The highest BCUT2D eigenvalue weighted by atomic mass is 16.8. The highest BCUT2D eigenvalue weighted by Gasteiger charge is 2.55. The van der Waals surface area contributed by atoms with Crippen LogP contribution in [0.5, 0.6) is 0 Å². The number of carbonyl (C=O) groups excluding carboxylic acids is 1. The number of hydrogen-bond acceptors (Lipinski definition) is 21. The van der Waals surface area contributed by atoms with Crippen LogP contribution in [0.15, 0.2) is 30.3 Å². The number of ether oxygens (including phenoxy) is 6. The zero-order valence-electron chi connectivity index (χ0n) is 32.1. The number of aliphatic hydroxyl groups excluding tert-OH is 8. The molecule has 4 aliphatic rings. The Kier molecular flexibility index (Phi) is 17.5. The number of amides is 1. The molecule has 3 saturated heterocycles. The number of benzene rings is 1. The van der Waals surface area contributed by atoms with Crippen molar-refractivity contribution in [3.8, 4) is 0 Å². The Morgan fingerprint density at radius 2 is 1.34 bits per heavy atom. The van der Waals surface area contributed by atoms with Gasteiger partial charge in [-0.3, -0.25) is 4.79 Å². The largest absolute Gasteiger partial charge is 0.394 e. The van der Waals surface area contributed by atoms with Crippen LogP contribution in [0.1, 0.15) is 24.8 Å². The molecule has 0 radical (unpaired) electrons. The van der Waals surface area contributed by atoms with Crippen LogP contribution in [0.25, 0.3) is 0 Å². The average molecular weight is 834 g/mol. The van der Waals surface area contributed by atoms with E-state index in [9.17, 15) is 45.6 Å². The number of rotatable bonds is 18. The Labute approximate surface area is 335 Å². The van der Waals surface area contributed by atoms with Gasteiger partial charge >= 0.3 is 0 Å². The van der Waals surface area contributed by atoms with Crippen molar-refractivity contribution in [2.45, 2.75) is 148 Å². The molecule has 1 aliphatic carbocycles. The number of nitrogens with two attached hydrogens (primary N) is 5. The van der Waals surface area contributed by atoms with Gasteiger partial charge in [-0.1, -0.05) is 30.3 Å². The predicted molar refractivity (Wildman–Crippen MR) is 201 cm³/mol. The second kappa shape index (κ2) is 21.6. The summed E-state index contributed by atoms with van der Waals surface area (Å²) < 4.78 is 35.9. The van der Waals surface area contributed by atoms with E-state index in [0.29, 0.717) is 6.54 Å². The van der Waals surface area contributed by atoms with Crippen LogP contribution in [-0.2, 0) is 39.6 Å². The lowest BCUT2D eigenvalue weighted by molar-refractivity contribution is -0.308. The fourth-order valence-corrected chi connectivity index (χ4v) is 7.70. The standard InChI is InChI=1S/C36H63N7O15/c37-9-8-18(45)33(52)43-17-11-16(39)30(56-35-23(41)28(50)26(48)20(54-35)13-42-10-4-7-15-5-2-1-3-6-15)32(24(17)46)58-36-29(51)31(21(14-44)55-36)57-34-22(40)27(49)25(47)19(12-38)53-34/h1-3,5-6,16-32,34-36,42,44-51H,4,7-14,37-41H2,(H,43,52)/t16-,17+,18-,19-,20+,21+,22+,23+,24-,25+,26+,27+,28+,29+,30+,31+,32+,34+,35+,36-/m0/s1. The SMILES string of the molecule is NCC[C@H](O)C(=O)N[C@@H]1C[C@H](N)[C@@H](O[C@H]2O[C@H](CNCCCc3ccccc3)[C@@H](O)[C@H](O)[C@H]2N)[C@H](O[C@@H]2O[C@H](CO)[C@@H](O[C@H]3O[C@@H](CN)[C@@H](O)[C@H](O)[C@H]3N)[C@H]2O)[C@H]1O. The molecular formula is C36H63N7O15. The molecule has 0 bridgehead atoms. The molecule has 1 aromatic rings. The van der Waals surface area contributed by atoms with Gasteiger partial charge in [-0.05, 0) is 44.3 Å². The summed E-state index contributed by atoms with van der Waals surface area (Å²) in [7, 11) is 0. The van der Waals surface area contributed by atoms with Crippen LogP contribution in [-0.4, -0.2) is 202 Å². The number of nitrogens with one attached hydrogen (secondary N) is 2. The van der Waals surface area contributed by atoms with E-state index in [1.54, 1.807) is 0 Å². The van der Waals surface area contributed by atoms with Gasteiger partial charge in [0, 0.05) is 19.1 Å². The highest BCUT2D eigenvalue weighted by molar-refractivity contribution is 5.80. The minimum Gasteiger partial charge on any atom is -0.394 e. The number of carbonyl (C=O) groups is 1. The molecule has 332 valence electrons. The third-order valence-corrected chi connectivity index (χ3v) is 11.2. The molecule has 0 unspecified atom stereocenters. The monoisotopic (exact) mass is 833 g/mol. The topological polar surface area (TPSA) is 388 Å². The van der Waals surface area contributed by atoms with Gasteiger partial charge in [0.1, 0.15) is 79.4 Å². The average Bonchev–Trinajstić information content (AvgIpc) is 3.51. The Hall–Kier alpha value is -2.11. The first-order chi connectivity index (χ1) is 27.7. The van der Waals surface area contributed by atoms with Gasteiger partial charge in [0.2, 0.25) is 5.91 Å². The lowest BCUT2D eigenvalue weighted by Gasteiger charge is -2.48. The van der Waals surface area contributed by atoms with E-state index < -0.39 is 135 Å². The van der Waals surface area contributed by atoms with Gasteiger partial charge in [0.05, 0.1) is 24.7 Å². The van der Waals surface area contributed by atoms with Crippen LogP contribution < -0.4 is 39.3 Å². The molecule has 20 N–H and O–H groups in total. The number of aryl methyl sites for hydroxylation is 1. The minimum absolute atomic E-state index is 0.00472. The molecule has 1 saturated carbocycles. The van der Waals surface area contributed by atoms with E-state index in [1.807, 2.05) is 30.3 Å². The van der Waals surface area contributed by atoms with Crippen molar-refractivity contribution in [3.05, 3.63) is 35.9 Å². The van der Waals surface area contributed by atoms with Gasteiger partial charge in [0.25, 0.3) is 0 Å². The zero-order chi connectivity index (χ0) is 42.3. The van der Waals surface area contributed by atoms with Crippen LogP contribution in [0.3, 0.4) is 0 Å². The molecule has 3 heterocycles. The summed E-state index contributed by atoms with van der Waals surface area (Å²) in [5, 5.41) is 92.0. The fraction of sp³-hybridized carbons (Fsp3) is 0.806. The minimum atomic E-state index is -1.72. The first-order valence-corrected chi connectivity index (χ1v) is 19.7. The van der Waals surface area contributed by atoms with Gasteiger partial charge < -0.3 is 109 Å². The van der Waals surface area contributed by atoms with Gasteiger partial charge in [-0.15, -0.1) is 0 Å². The first kappa shape index (κ1) is 46.9. The summed E-state index contributed by atoms with van der Waals surface area (Å²) in [6.07, 6.45) is -21.5. The van der Waals surface area contributed by atoms with Crippen LogP contribution in [0.4, 0.5) is 0 Å². The molecule has 1 aromatic carbocycles. The van der Waals surface area contributed by atoms with Crippen LogP contribution >= 0.6 is 0 Å². The Morgan fingerprint density at radius 3 is 1.97 bits per heavy atom. The molecule has 1 amide bonds. The fourth-order valence-electron chi connectivity index (χ4n) is 7.70. The van der Waals surface area contributed by atoms with E-state index in [-0.39, 0.29) is 32.5 Å². The quantitative estimate of drug-likeness (QED) is 0.0611. The molecule has 0 spiro atoms. The van der Waals surface area contributed by atoms with E-state index in [1.165, 1.54) is 5.56 Å². The van der Waals surface area contributed by atoms with Gasteiger partial charge in [0.15, 0.2) is 18.9 Å². The summed E-state index contributed by atoms with van der Waals surface area (Å²) in [6, 6.07) is 5.07. The molecule has 20 atom stereocenters. The van der Waals surface area contributed by atoms with Crippen molar-refractivity contribution in [2.75, 3.05) is 32.8 Å². The second-order valence-corrected chi connectivity index (χ2v) is 15.3. The Balaban J connectivity index is 1.31. The maximum Gasteiger partial charge on any atom is 0.249 e.